The number of allylic oxidation sites excluding steroid dienone is 8. The Morgan fingerprint density at radius 2 is 0.931 bits per heavy atom. The van der Waals surface area contributed by atoms with E-state index in [0.717, 1.165) is 50.1 Å². The normalized spacial score (nSPS) is 18.4. The van der Waals surface area contributed by atoms with Gasteiger partial charge in [0.2, 0.25) is 11.6 Å². The lowest BCUT2D eigenvalue weighted by Crippen LogP contribution is -2.28. The lowest BCUT2D eigenvalue weighted by Gasteiger charge is -2.30. The lowest BCUT2D eigenvalue weighted by molar-refractivity contribution is -0.141. The summed E-state index contributed by atoms with van der Waals surface area (Å²) in [6, 6.07) is 21.5. The topological polar surface area (TPSA) is 197 Å². The molecule has 6 aliphatic rings. The van der Waals surface area contributed by atoms with Crippen molar-refractivity contribution in [1.29, 1.82) is 0 Å². The van der Waals surface area contributed by atoms with E-state index in [1.54, 1.807) is 48.5 Å². The first kappa shape index (κ1) is 46.1. The quantitative estimate of drug-likeness (QED) is 0.140. The van der Waals surface area contributed by atoms with Crippen LogP contribution in [0, 0.1) is 13.8 Å². The Morgan fingerprint density at radius 3 is 1.36 bits per heavy atom. The van der Waals surface area contributed by atoms with Gasteiger partial charge in [0.15, 0.2) is 23.1 Å². The second kappa shape index (κ2) is 17.9. The van der Waals surface area contributed by atoms with Crippen molar-refractivity contribution in [3.8, 4) is 0 Å². The summed E-state index contributed by atoms with van der Waals surface area (Å²) in [5.74, 6) is -1.70. The average molecular weight is 963 g/mol. The van der Waals surface area contributed by atoms with Crippen molar-refractivity contribution in [2.75, 3.05) is 14.2 Å². The molecule has 0 fully saturated rings. The van der Waals surface area contributed by atoms with Crippen LogP contribution in [0.4, 0.5) is 0 Å². The molecule has 14 heteroatoms. The summed E-state index contributed by atoms with van der Waals surface area (Å²) >= 11 is 0. The van der Waals surface area contributed by atoms with Gasteiger partial charge < -0.3 is 28.9 Å². The minimum Gasteiger partial charge on any atom is -0.481 e. The number of fused-ring (bicyclic) bond motifs is 10. The molecule has 8 bridgehead atoms. The summed E-state index contributed by atoms with van der Waals surface area (Å²) < 4.78 is 23.5. The number of aromatic nitrogens is 4. The first-order valence-electron chi connectivity index (χ1n) is 24.2. The van der Waals surface area contributed by atoms with Gasteiger partial charge in [-0.25, -0.2) is 9.97 Å². The number of esters is 2. The third-order valence-corrected chi connectivity index (χ3v) is 15.1. The molecule has 72 heavy (non-hydrogen) atoms. The number of rotatable bonds is 8. The van der Waals surface area contributed by atoms with Gasteiger partial charge in [0.1, 0.15) is 12.2 Å². The highest BCUT2D eigenvalue weighted by Gasteiger charge is 2.41. The molecule has 7 heterocycles. The van der Waals surface area contributed by atoms with E-state index in [1.807, 2.05) is 52.0 Å². The van der Waals surface area contributed by atoms with Crippen LogP contribution in [0.1, 0.15) is 164 Å². The molecule has 5 aromatic rings. The molecule has 0 spiro atoms. The number of carbonyl (C=O) groups excluding carboxylic acids is 6. The number of hydrogen-bond donors (Lipinski definition) is 2. The van der Waals surface area contributed by atoms with E-state index >= 15 is 0 Å². The molecule has 2 unspecified atom stereocenters. The number of aryl methyl sites for hydroxylation is 2. The summed E-state index contributed by atoms with van der Waals surface area (Å²) in [6.45, 7) is 7.91. The van der Waals surface area contributed by atoms with E-state index in [0.29, 0.717) is 111 Å². The van der Waals surface area contributed by atoms with Crippen LogP contribution in [-0.4, -0.2) is 69.2 Å². The maximum atomic E-state index is 14.1. The van der Waals surface area contributed by atoms with Gasteiger partial charge in [-0.2, -0.15) is 0 Å². The summed E-state index contributed by atoms with van der Waals surface area (Å²) in [7, 11) is 2.72. The van der Waals surface area contributed by atoms with E-state index in [1.165, 1.54) is 14.2 Å². The second-order valence-electron chi connectivity index (χ2n) is 19.0. The number of nitrogens with zero attached hydrogens (tertiary/aromatic N) is 2. The number of Topliss-reactive ketones (excluding diaryl/α,β-unsaturated/α-hetero) is 4. The molecule has 362 valence electrons. The molecule has 2 N–H and O–H groups in total. The maximum Gasteiger partial charge on any atom is 0.305 e. The van der Waals surface area contributed by atoms with Crippen molar-refractivity contribution < 1.29 is 47.7 Å². The molecular formula is C58H50N4O10. The highest BCUT2D eigenvalue weighted by atomic mass is 16.5. The van der Waals surface area contributed by atoms with Gasteiger partial charge in [-0.3, -0.25) is 28.8 Å². The van der Waals surface area contributed by atoms with Crippen LogP contribution in [0.25, 0.3) is 44.4 Å². The van der Waals surface area contributed by atoms with Crippen molar-refractivity contribution in [2.24, 2.45) is 0 Å². The number of aromatic amines is 2. The van der Waals surface area contributed by atoms with E-state index < -0.39 is 12.2 Å². The molecule has 14 nitrogen and oxygen atoms in total. The molecule has 0 saturated heterocycles. The molecule has 2 atom stereocenters. The van der Waals surface area contributed by atoms with Crippen molar-refractivity contribution >= 4 is 79.4 Å². The highest BCUT2D eigenvalue weighted by Crippen LogP contribution is 2.46. The van der Waals surface area contributed by atoms with Gasteiger partial charge in [0, 0.05) is 79.4 Å². The van der Waals surface area contributed by atoms with Crippen molar-refractivity contribution in [2.45, 2.75) is 91.3 Å². The Hall–Kier alpha value is -8.26. The highest BCUT2D eigenvalue weighted by molar-refractivity contribution is 6.27. The third-order valence-electron chi connectivity index (χ3n) is 15.1. The van der Waals surface area contributed by atoms with Gasteiger partial charge >= 0.3 is 11.9 Å². The zero-order chi connectivity index (χ0) is 50.3. The van der Waals surface area contributed by atoms with Crippen molar-refractivity contribution in [3.63, 3.8) is 0 Å². The molecule has 0 saturated carbocycles. The smallest absolute Gasteiger partial charge is 0.305 e. The van der Waals surface area contributed by atoms with Gasteiger partial charge in [0.05, 0.1) is 37.0 Å². The fraction of sp³-hybridized carbons (Fsp3) is 0.276. The Bertz CT molecular complexity index is 3630. The maximum absolute atomic E-state index is 14.1. The van der Waals surface area contributed by atoms with Gasteiger partial charge in [-0.1, -0.05) is 48.5 Å². The van der Waals surface area contributed by atoms with Crippen LogP contribution in [0.15, 0.2) is 95.5 Å². The molecule has 0 radical (unpaired) electrons. The number of carbonyl (C=O) groups is 6. The van der Waals surface area contributed by atoms with Gasteiger partial charge in [-0.05, 0) is 124 Å². The zero-order valence-corrected chi connectivity index (χ0v) is 40.7. The molecule has 2 aliphatic carbocycles. The van der Waals surface area contributed by atoms with Gasteiger partial charge in [0.25, 0.3) is 0 Å². The summed E-state index contributed by atoms with van der Waals surface area (Å²) in [6.07, 6.45) is 1.09. The minimum atomic E-state index is -0.650. The van der Waals surface area contributed by atoms with Gasteiger partial charge in [-0.15, -0.1) is 0 Å². The minimum absolute atomic E-state index is 0.0543. The van der Waals surface area contributed by atoms with Crippen molar-refractivity contribution in [3.05, 3.63) is 163 Å². The first-order chi connectivity index (χ1) is 34.7. The van der Waals surface area contributed by atoms with Crippen LogP contribution in [0.3, 0.4) is 0 Å². The molecule has 2 aromatic carbocycles. The van der Waals surface area contributed by atoms with E-state index in [9.17, 15) is 28.8 Å². The fourth-order valence-corrected chi connectivity index (χ4v) is 11.1. The monoisotopic (exact) mass is 962 g/mol. The van der Waals surface area contributed by atoms with Crippen LogP contribution < -0.4 is 0 Å². The number of ether oxygens (including phenoxy) is 4. The Morgan fingerprint density at radius 1 is 0.542 bits per heavy atom. The summed E-state index contributed by atoms with van der Waals surface area (Å²) in [5, 5.41) is 0. The van der Waals surface area contributed by atoms with E-state index in [-0.39, 0.29) is 59.4 Å². The SMILES string of the molecule is COC(=O)CCC1=C(C)c2cc3[nH]c(cc4[nH]c(cc5nc(cc1n2)C(CCC(=O)OC)=C5C)c(C1CCC2=C(O1)C(=O)c1ccccc1C2=O)c4C)c(C1CCC2=C(O1)C(=O)c1ccccc1C2=O)c3C. The third kappa shape index (κ3) is 7.55. The van der Waals surface area contributed by atoms with Crippen LogP contribution in [0.5, 0.6) is 0 Å². The number of ketones is 4. The van der Waals surface area contributed by atoms with Crippen molar-refractivity contribution in [1.82, 2.24) is 19.9 Å². The largest absolute Gasteiger partial charge is 0.481 e. The molecule has 4 aliphatic heterocycles. The number of methoxy groups -OCH3 is 2. The first-order valence-corrected chi connectivity index (χ1v) is 24.2. The Balaban J connectivity index is 1.14. The fourth-order valence-electron chi connectivity index (χ4n) is 11.1. The predicted molar refractivity (Wildman–Crippen MR) is 268 cm³/mol. The number of benzene rings is 2. The molecule has 0 amide bonds. The summed E-state index contributed by atoms with van der Waals surface area (Å²) in [4.78, 5) is 98.7. The van der Waals surface area contributed by atoms with E-state index in [2.05, 4.69) is 9.97 Å². The average Bonchev–Trinajstić information content (AvgIpc) is 4.07. The molecule has 3 aromatic heterocycles. The zero-order valence-electron chi connectivity index (χ0n) is 40.7. The number of hydrogen-bond acceptors (Lipinski definition) is 12. The second-order valence-corrected chi connectivity index (χ2v) is 19.0. The lowest BCUT2D eigenvalue weighted by atomic mass is 9.83. The molecular weight excluding hydrogens is 913 g/mol. The Kier molecular flexibility index (Phi) is 11.4. The van der Waals surface area contributed by atoms with Crippen LogP contribution in [0.2, 0.25) is 0 Å². The predicted octanol–water partition coefficient (Wildman–Crippen LogP) is 11.1. The number of H-pyrrole nitrogens is 2. The van der Waals surface area contributed by atoms with Crippen LogP contribution >= 0.6 is 0 Å². The van der Waals surface area contributed by atoms with E-state index in [4.69, 9.17) is 28.9 Å². The molecule has 11 rings (SSSR count). The van der Waals surface area contributed by atoms with Crippen LogP contribution in [-0.2, 0) is 28.5 Å². The number of nitrogens with one attached hydrogen (secondary N) is 2. The summed E-state index contributed by atoms with van der Waals surface area (Å²) in [5.41, 5.74) is 14.0. The standard InChI is InChI=1S/C58H50N4O10/c1-27-31(17-21-49(63)69-5)43-26-44-32(18-22-50(64)70-6)28(2)40(60-44)24-45-52(48-20-16-38-54(66)34-12-8-10-14-36(34)56(68)58(38)72-48)30(4)42(62-45)25-46-51(29(3)41(61-46)23-39(27)59-43)47-19-15-37-53(65)33-11-7-9-13-35(33)55(67)57(37)71-47/h7-14,23-26,47-48,61-62H,15-22H2,1-6H3. The Labute approximate surface area is 413 Å².